The Labute approximate surface area is 218 Å². The Morgan fingerprint density at radius 2 is 1.25 bits per heavy atom. The molecule has 36 heavy (non-hydrogen) atoms. The summed E-state index contributed by atoms with van der Waals surface area (Å²) in [5, 5.41) is 28.2. The monoisotopic (exact) mass is 514 g/mol. The Bertz CT molecular complexity index is 998. The maximum absolute atomic E-state index is 10.8. The van der Waals surface area contributed by atoms with Gasteiger partial charge >= 0.3 is 11.9 Å². The summed E-state index contributed by atoms with van der Waals surface area (Å²) in [5.74, 6) is -1.71. The van der Waals surface area contributed by atoms with Crippen LogP contribution in [0.25, 0.3) is 0 Å². The first-order chi connectivity index (χ1) is 16.5. The molecule has 200 valence electrons. The zero-order valence-corrected chi connectivity index (χ0v) is 24.6. The van der Waals surface area contributed by atoms with Gasteiger partial charge in [-0.25, -0.2) is 0 Å². The summed E-state index contributed by atoms with van der Waals surface area (Å²) >= 11 is 0. The lowest BCUT2D eigenvalue weighted by Gasteiger charge is -2.40. The van der Waals surface area contributed by atoms with Crippen molar-refractivity contribution < 1.29 is 24.9 Å². The van der Waals surface area contributed by atoms with Crippen molar-refractivity contribution in [2.24, 2.45) is 0 Å². The molecule has 0 aliphatic rings. The summed E-state index contributed by atoms with van der Waals surface area (Å²) in [6, 6.07) is 18.0. The fourth-order valence-corrected chi connectivity index (χ4v) is 9.75. The van der Waals surface area contributed by atoms with E-state index in [0.717, 1.165) is 5.56 Å². The predicted molar refractivity (Wildman–Crippen MR) is 151 cm³/mol. The molecule has 0 aromatic heterocycles. The van der Waals surface area contributed by atoms with E-state index >= 15 is 0 Å². The highest BCUT2D eigenvalue weighted by Gasteiger charge is 2.40. The molecule has 0 radical (unpaired) electrons. The number of carbonyl (C=O) groups is 2. The first-order valence-corrected chi connectivity index (χ1v) is 15.4. The van der Waals surface area contributed by atoms with E-state index in [1.807, 2.05) is 0 Å². The highest BCUT2D eigenvalue weighted by Crippen LogP contribution is 2.43. The largest absolute Gasteiger partial charge is 0.508 e. The van der Waals surface area contributed by atoms with Crippen LogP contribution >= 0.6 is 0 Å². The van der Waals surface area contributed by atoms with E-state index in [9.17, 15) is 14.7 Å². The number of phenolic OH excluding ortho intramolecular Hbond substituents is 1. The highest BCUT2D eigenvalue weighted by molar-refractivity contribution is 6.92. The number of carboxylic acids is 2. The van der Waals surface area contributed by atoms with Crippen LogP contribution in [-0.4, -0.2) is 35.3 Å². The molecule has 2 aromatic carbocycles. The maximum Gasteiger partial charge on any atom is 0.303 e. The zero-order chi connectivity index (χ0) is 27.9. The third kappa shape index (κ3) is 7.95. The average Bonchev–Trinajstić information content (AvgIpc) is 2.78. The lowest BCUT2D eigenvalue weighted by Crippen LogP contribution is -2.51. The van der Waals surface area contributed by atoms with E-state index in [2.05, 4.69) is 105 Å². The fourth-order valence-electron chi connectivity index (χ4n) is 5.02. The molecule has 2 aromatic rings. The van der Waals surface area contributed by atoms with Crippen molar-refractivity contribution in [1.82, 2.24) is 0 Å². The summed E-state index contributed by atoms with van der Waals surface area (Å²) in [7, 11) is -1.75. The Balaban J connectivity index is 0.000000697. The van der Waals surface area contributed by atoms with Gasteiger partial charge in [-0.05, 0) is 39.1 Å². The number of hydrogen-bond acceptors (Lipinski definition) is 3. The quantitative estimate of drug-likeness (QED) is 0.331. The Kier molecular flexibility index (Phi) is 11.0. The maximum atomic E-state index is 10.8. The molecule has 0 fully saturated rings. The van der Waals surface area contributed by atoms with Gasteiger partial charge < -0.3 is 15.3 Å². The molecule has 6 heteroatoms. The van der Waals surface area contributed by atoms with Gasteiger partial charge in [0.2, 0.25) is 0 Å². The summed E-state index contributed by atoms with van der Waals surface area (Å²) in [6.07, 6.45) is -0.593. The van der Waals surface area contributed by atoms with Gasteiger partial charge in [-0.1, -0.05) is 116 Å². The third-order valence-corrected chi connectivity index (χ3v) is 13.2. The number of rotatable bonds is 8. The van der Waals surface area contributed by atoms with Gasteiger partial charge in [-0.3, -0.25) is 9.59 Å². The molecule has 3 N–H and O–H groups in total. The van der Waals surface area contributed by atoms with Gasteiger partial charge in [0.15, 0.2) is 0 Å². The van der Waals surface area contributed by atoms with Gasteiger partial charge in [0.05, 0.1) is 20.9 Å². The third-order valence-electron chi connectivity index (χ3n) is 7.24. The molecule has 0 spiro atoms. The summed E-state index contributed by atoms with van der Waals surface area (Å²) in [4.78, 5) is 19.3. The van der Waals surface area contributed by atoms with Crippen LogP contribution in [0.4, 0.5) is 0 Å². The Hall–Kier alpha value is -2.60. The minimum atomic E-state index is -1.75. The van der Waals surface area contributed by atoms with Crippen LogP contribution in [0, 0.1) is 0 Å². The van der Waals surface area contributed by atoms with Gasteiger partial charge in [-0.2, -0.15) is 0 Å². The average molecular weight is 515 g/mol. The molecular formula is C30H46O5Si. The molecule has 5 nitrogen and oxygen atoms in total. The van der Waals surface area contributed by atoms with Crippen molar-refractivity contribution in [3.05, 3.63) is 59.2 Å². The standard InChI is InChI=1S/C26H40OSi.C4H6O4/c1-10-28(11-2,20-15-13-12-14-16-20)19(3)21-17-23(26(7,8)9)24(27)18-22(21)25(4,5)6;5-3(6)1-2-4(7)8/h12-19,27H,10-11H2,1-9H3;1-2H2,(H,5,6)(H,7,8). The Morgan fingerprint density at radius 1 is 0.806 bits per heavy atom. The van der Waals surface area contributed by atoms with Crippen LogP contribution in [-0.2, 0) is 20.4 Å². The number of carboxylic acid groups (broad SMARTS) is 2. The predicted octanol–water partition coefficient (Wildman–Crippen LogP) is 6.96. The van der Waals surface area contributed by atoms with Crippen molar-refractivity contribution in [3.8, 4) is 5.75 Å². The highest BCUT2D eigenvalue weighted by atomic mass is 28.3. The summed E-state index contributed by atoms with van der Waals surface area (Å²) in [5.41, 5.74) is 4.20. The molecule has 1 unspecified atom stereocenters. The minimum absolute atomic E-state index is 0.00417. The van der Waals surface area contributed by atoms with Crippen LogP contribution in [0.15, 0.2) is 42.5 Å². The van der Waals surface area contributed by atoms with Crippen molar-refractivity contribution in [2.75, 3.05) is 0 Å². The molecule has 0 amide bonds. The van der Waals surface area contributed by atoms with E-state index in [1.165, 1.54) is 23.2 Å². The lowest BCUT2D eigenvalue weighted by atomic mass is 9.78. The molecule has 0 saturated heterocycles. The van der Waals surface area contributed by atoms with E-state index in [1.54, 1.807) is 5.19 Å². The van der Waals surface area contributed by atoms with Gasteiger partial charge in [-0.15, -0.1) is 0 Å². The number of hydrogen-bond donors (Lipinski definition) is 3. The van der Waals surface area contributed by atoms with Crippen molar-refractivity contribution >= 4 is 25.2 Å². The molecule has 0 aliphatic carbocycles. The van der Waals surface area contributed by atoms with Gasteiger partial charge in [0.1, 0.15) is 5.75 Å². The van der Waals surface area contributed by atoms with Crippen molar-refractivity contribution in [2.45, 2.75) is 104 Å². The first-order valence-electron chi connectivity index (χ1n) is 12.9. The van der Waals surface area contributed by atoms with Crippen LogP contribution in [0.3, 0.4) is 0 Å². The summed E-state index contributed by atoms with van der Waals surface area (Å²) < 4.78 is 0. The molecule has 0 aliphatic heterocycles. The molecule has 1 atom stereocenters. The number of benzene rings is 2. The van der Waals surface area contributed by atoms with E-state index in [-0.39, 0.29) is 23.7 Å². The van der Waals surface area contributed by atoms with Crippen molar-refractivity contribution in [1.29, 1.82) is 0 Å². The number of aliphatic carboxylic acids is 2. The lowest BCUT2D eigenvalue weighted by molar-refractivity contribution is -0.143. The van der Waals surface area contributed by atoms with Gasteiger partial charge in [0, 0.05) is 0 Å². The van der Waals surface area contributed by atoms with Crippen molar-refractivity contribution in [3.63, 3.8) is 0 Å². The normalized spacial score (nSPS) is 12.9. The van der Waals surface area contributed by atoms with E-state index < -0.39 is 20.0 Å². The molecule has 0 saturated carbocycles. The van der Waals surface area contributed by atoms with Crippen LogP contribution in [0.5, 0.6) is 5.75 Å². The molecule has 0 heterocycles. The van der Waals surface area contributed by atoms with Crippen LogP contribution in [0.2, 0.25) is 12.1 Å². The SMILES string of the molecule is CC[Si](CC)(c1ccccc1)C(C)c1cc(C(C)(C)C)c(O)cc1C(C)(C)C.O=C(O)CCC(=O)O. The smallest absolute Gasteiger partial charge is 0.303 e. The second-order valence-corrected chi connectivity index (χ2v) is 16.9. The van der Waals surface area contributed by atoms with E-state index in [0.29, 0.717) is 11.3 Å². The van der Waals surface area contributed by atoms with E-state index in [4.69, 9.17) is 10.2 Å². The van der Waals surface area contributed by atoms with Crippen LogP contribution in [0.1, 0.15) is 97.4 Å². The number of aromatic hydroxyl groups is 1. The van der Waals surface area contributed by atoms with Crippen LogP contribution < -0.4 is 5.19 Å². The minimum Gasteiger partial charge on any atom is -0.508 e. The molecule has 2 rings (SSSR count). The number of phenols is 1. The zero-order valence-electron chi connectivity index (χ0n) is 23.6. The summed E-state index contributed by atoms with van der Waals surface area (Å²) in [6.45, 7) is 20.6. The topological polar surface area (TPSA) is 94.8 Å². The second kappa shape index (κ2) is 12.6. The molecular weight excluding hydrogens is 468 g/mol. The molecule has 0 bridgehead atoms. The second-order valence-electron chi connectivity index (χ2n) is 11.7. The fraction of sp³-hybridized carbons (Fsp3) is 0.533. The Morgan fingerprint density at radius 3 is 1.61 bits per heavy atom. The first kappa shape index (κ1) is 31.4. The van der Waals surface area contributed by atoms with Gasteiger partial charge in [0.25, 0.3) is 0 Å².